The van der Waals surface area contributed by atoms with E-state index < -0.39 is 0 Å². The Morgan fingerprint density at radius 2 is 1.26 bits per heavy atom. The number of hydrogen-bond donors (Lipinski definition) is 2. The third-order valence-corrected chi connectivity index (χ3v) is 8.26. The molecule has 4 amide bonds. The Labute approximate surface area is 279 Å². The van der Waals surface area contributed by atoms with Gasteiger partial charge in [0, 0.05) is 56.4 Å². The average molecular weight is 665 g/mol. The van der Waals surface area contributed by atoms with Crippen molar-refractivity contribution in [1.29, 1.82) is 0 Å². The molecular formula is C33H55N2O6Y-. The number of nitrogens with zero attached hydrogens (tertiary/aromatic N) is 1. The topological polar surface area (TPSA) is 124 Å². The minimum atomic E-state index is -0.271. The summed E-state index contributed by atoms with van der Waals surface area (Å²) in [6, 6.07) is 8.82. The molecule has 237 valence electrons. The van der Waals surface area contributed by atoms with Crippen LogP contribution >= 0.6 is 0 Å². The molecule has 2 heterocycles. The van der Waals surface area contributed by atoms with Crippen LogP contribution in [0.15, 0.2) is 24.3 Å². The van der Waals surface area contributed by atoms with Crippen LogP contribution in [0.25, 0.3) is 5.32 Å². The SMILES string of the molecule is CC1C(=O)NC(=O)C1C.CC1C(=O)[N-]C(=O)C1C.CC1Cc2ccccc2C1C.CCC(C)C.CCC(C)OCO.[Y]. The Kier molecular flexibility index (Phi) is 22.4. The number of carbonyl (C=O) groups excluding carboxylic acids is 4. The van der Waals surface area contributed by atoms with Crippen molar-refractivity contribution in [2.75, 3.05) is 6.79 Å². The van der Waals surface area contributed by atoms with Gasteiger partial charge >= 0.3 is 0 Å². The monoisotopic (exact) mass is 664 g/mol. The summed E-state index contributed by atoms with van der Waals surface area (Å²) in [5, 5.41) is 13.7. The van der Waals surface area contributed by atoms with Crippen LogP contribution in [-0.2, 0) is 63.0 Å². The zero-order valence-electron chi connectivity index (χ0n) is 27.8. The molecule has 1 radical (unpaired) electrons. The number of imide groups is 2. The Hall–Kier alpha value is -1.48. The van der Waals surface area contributed by atoms with E-state index in [1.165, 1.54) is 12.8 Å². The van der Waals surface area contributed by atoms with Crippen LogP contribution in [-0.4, -0.2) is 41.6 Å². The molecule has 9 heteroatoms. The summed E-state index contributed by atoms with van der Waals surface area (Å²) in [5.41, 5.74) is 3.13. The zero-order valence-corrected chi connectivity index (χ0v) is 30.6. The van der Waals surface area contributed by atoms with E-state index >= 15 is 0 Å². The van der Waals surface area contributed by atoms with E-state index in [-0.39, 0.29) is 92.9 Å². The van der Waals surface area contributed by atoms with Crippen molar-refractivity contribution in [1.82, 2.24) is 5.32 Å². The number of ether oxygens (including phenoxy) is 1. The summed E-state index contributed by atoms with van der Waals surface area (Å²) in [4.78, 5) is 42.5. The molecule has 0 bridgehead atoms. The molecule has 8 nitrogen and oxygen atoms in total. The van der Waals surface area contributed by atoms with Crippen molar-refractivity contribution in [2.24, 2.45) is 35.5 Å². The van der Waals surface area contributed by atoms with Gasteiger partial charge in [-0.2, -0.15) is 0 Å². The van der Waals surface area contributed by atoms with Gasteiger partial charge in [-0.25, -0.2) is 0 Å². The van der Waals surface area contributed by atoms with Crippen LogP contribution < -0.4 is 5.32 Å². The molecule has 7 atom stereocenters. The summed E-state index contributed by atoms with van der Waals surface area (Å²) < 4.78 is 4.75. The van der Waals surface area contributed by atoms with Crippen molar-refractivity contribution in [3.63, 3.8) is 0 Å². The number of rotatable bonds is 4. The van der Waals surface area contributed by atoms with Gasteiger partial charge in [-0.1, -0.05) is 99.9 Å². The first kappa shape index (κ1) is 42.7. The van der Waals surface area contributed by atoms with E-state index in [4.69, 9.17) is 9.84 Å². The molecule has 4 rings (SSSR count). The number of hydrogen-bond acceptors (Lipinski definition) is 6. The number of nitrogens with one attached hydrogen (secondary N) is 1. The number of aliphatic hydroxyl groups is 1. The number of amides is 4. The molecule has 0 aromatic heterocycles. The number of benzene rings is 1. The van der Waals surface area contributed by atoms with Crippen LogP contribution in [0.4, 0.5) is 0 Å². The van der Waals surface area contributed by atoms with Gasteiger partial charge in [0.25, 0.3) is 0 Å². The van der Waals surface area contributed by atoms with Gasteiger partial charge in [0.05, 0.1) is 17.9 Å². The largest absolute Gasteiger partial charge is 0.595 e. The fourth-order valence-electron chi connectivity index (χ4n) is 3.78. The van der Waals surface area contributed by atoms with E-state index in [0.717, 1.165) is 24.2 Å². The first-order valence-electron chi connectivity index (χ1n) is 15.1. The van der Waals surface area contributed by atoms with Crippen LogP contribution in [0.2, 0.25) is 0 Å². The average Bonchev–Trinajstić information content (AvgIpc) is 3.45. The first-order chi connectivity index (χ1) is 19.1. The minimum absolute atomic E-state index is 0. The Balaban J connectivity index is 0. The Bertz CT molecular complexity index is 896. The summed E-state index contributed by atoms with van der Waals surface area (Å²) in [6.45, 7) is 22.1. The molecule has 42 heavy (non-hydrogen) atoms. The second kappa shape index (κ2) is 22.1. The summed E-state index contributed by atoms with van der Waals surface area (Å²) in [6.07, 6.45) is 3.74. The molecule has 3 aliphatic rings. The smallest absolute Gasteiger partial charge is 0.230 e. The van der Waals surface area contributed by atoms with Gasteiger partial charge < -0.3 is 24.7 Å². The van der Waals surface area contributed by atoms with Crippen LogP contribution in [0.3, 0.4) is 0 Å². The fraction of sp³-hybridized carbons (Fsp3) is 0.697. The Morgan fingerprint density at radius 3 is 1.52 bits per heavy atom. The minimum Gasteiger partial charge on any atom is -0.595 e. The third kappa shape index (κ3) is 14.8. The second-order valence-electron chi connectivity index (χ2n) is 11.8. The van der Waals surface area contributed by atoms with Crippen molar-refractivity contribution < 1.29 is 61.7 Å². The molecule has 0 saturated carbocycles. The molecule has 2 saturated heterocycles. The quantitative estimate of drug-likeness (QED) is 0.284. The van der Waals surface area contributed by atoms with E-state index in [9.17, 15) is 19.2 Å². The normalized spacial score (nSPS) is 25.9. The van der Waals surface area contributed by atoms with E-state index in [1.54, 1.807) is 38.8 Å². The van der Waals surface area contributed by atoms with Crippen molar-refractivity contribution in [2.45, 2.75) is 107 Å². The zero-order chi connectivity index (χ0) is 31.9. The predicted molar refractivity (Wildman–Crippen MR) is 164 cm³/mol. The predicted octanol–water partition coefficient (Wildman–Crippen LogP) is 6.40. The molecule has 7 unspecified atom stereocenters. The number of aliphatic hydroxyl groups excluding tert-OH is 1. The Morgan fingerprint density at radius 1 is 0.810 bits per heavy atom. The van der Waals surface area contributed by atoms with Gasteiger partial charge in [0.15, 0.2) is 0 Å². The van der Waals surface area contributed by atoms with Gasteiger partial charge in [-0.15, -0.1) is 0 Å². The maximum Gasteiger partial charge on any atom is 0.230 e. The molecule has 2 aliphatic heterocycles. The van der Waals surface area contributed by atoms with Crippen LogP contribution in [0.5, 0.6) is 0 Å². The van der Waals surface area contributed by atoms with E-state index in [1.807, 2.05) is 13.8 Å². The third-order valence-electron chi connectivity index (χ3n) is 8.26. The maximum atomic E-state index is 10.7. The molecule has 2 fully saturated rings. The van der Waals surface area contributed by atoms with Crippen molar-refractivity contribution >= 4 is 23.6 Å². The molecule has 1 aromatic carbocycles. The molecular weight excluding hydrogens is 609 g/mol. The fourth-order valence-corrected chi connectivity index (χ4v) is 3.78. The standard InChI is InChI=1S/C11H14.2C6H9NO2.C5H12O2.C5H12.Y/c1-8-7-10-5-3-4-6-11(10)9(8)2;2*1-3-4(2)6(9)7-5(3)8;1-3-5(2)7-4-6;1-4-5(2)3;/h3-6,8-9H,7H2,1-2H3;2*3-4H,1-2H3,(H,7,8,9);5-6H,3-4H2,1-2H3;5H,4H2,1-3H3;/p-1. The number of fused-ring (bicyclic) bond motifs is 1. The second-order valence-corrected chi connectivity index (χ2v) is 11.8. The van der Waals surface area contributed by atoms with Gasteiger partial charge in [-0.05, 0) is 48.6 Å². The van der Waals surface area contributed by atoms with Crippen LogP contribution in [0.1, 0.15) is 106 Å². The van der Waals surface area contributed by atoms with Crippen molar-refractivity contribution in [3.05, 3.63) is 40.7 Å². The molecule has 2 N–H and O–H groups in total. The van der Waals surface area contributed by atoms with Crippen LogP contribution in [0, 0.1) is 35.5 Å². The van der Waals surface area contributed by atoms with Gasteiger partial charge in [0.2, 0.25) is 11.8 Å². The molecule has 1 aromatic rings. The number of carbonyl (C=O) groups is 4. The van der Waals surface area contributed by atoms with E-state index in [0.29, 0.717) is 0 Å². The van der Waals surface area contributed by atoms with Gasteiger partial charge in [0.1, 0.15) is 6.79 Å². The first-order valence-corrected chi connectivity index (χ1v) is 15.1. The summed E-state index contributed by atoms with van der Waals surface area (Å²) in [7, 11) is 0. The van der Waals surface area contributed by atoms with E-state index in [2.05, 4.69) is 69.5 Å². The van der Waals surface area contributed by atoms with Crippen molar-refractivity contribution in [3.8, 4) is 0 Å². The summed E-state index contributed by atoms with van der Waals surface area (Å²) >= 11 is 0. The van der Waals surface area contributed by atoms with Gasteiger partial charge in [-0.3, -0.25) is 14.9 Å². The molecule has 1 aliphatic carbocycles. The molecule has 0 spiro atoms. The maximum absolute atomic E-state index is 10.7. The summed E-state index contributed by atoms with van der Waals surface area (Å²) in [5.74, 6) is 0.985.